The van der Waals surface area contributed by atoms with Crippen molar-refractivity contribution in [1.82, 2.24) is 5.32 Å². The molecule has 0 bridgehead atoms. The van der Waals surface area contributed by atoms with E-state index in [4.69, 9.17) is 14.4 Å². The van der Waals surface area contributed by atoms with Crippen LogP contribution in [-0.4, -0.2) is 11.7 Å². The van der Waals surface area contributed by atoms with E-state index in [1.54, 1.807) is 0 Å². The first-order valence-corrected chi connectivity index (χ1v) is 15.3. The number of nitrogens with one attached hydrogen (secondary N) is 1. The van der Waals surface area contributed by atoms with E-state index in [1.807, 2.05) is 12.1 Å². The third kappa shape index (κ3) is 3.60. The second kappa shape index (κ2) is 9.25. The number of hydrogen-bond donors (Lipinski definition) is 1. The molecule has 10 rings (SSSR count). The molecule has 45 heavy (non-hydrogen) atoms. The molecule has 1 unspecified atom stereocenters. The average molecular weight is 576 g/mol. The Balaban J connectivity index is 1.20. The number of rotatable bonds is 3. The van der Waals surface area contributed by atoms with Gasteiger partial charge in [-0.05, 0) is 73.6 Å². The van der Waals surface area contributed by atoms with Crippen molar-refractivity contribution in [2.45, 2.75) is 6.17 Å². The van der Waals surface area contributed by atoms with Crippen LogP contribution in [0.25, 0.3) is 65.7 Å². The predicted molar refractivity (Wildman–Crippen MR) is 185 cm³/mol. The number of hydrogen-bond acceptors (Lipinski definition) is 4. The minimum Gasteiger partial charge on any atom is -0.455 e. The molecule has 2 heterocycles. The van der Waals surface area contributed by atoms with Crippen molar-refractivity contribution in [1.29, 1.82) is 0 Å². The van der Waals surface area contributed by atoms with Crippen LogP contribution in [0.2, 0.25) is 0 Å². The summed E-state index contributed by atoms with van der Waals surface area (Å²) in [6, 6.07) is 49.1. The largest absolute Gasteiger partial charge is 0.455 e. The summed E-state index contributed by atoms with van der Waals surface area (Å²) in [7, 11) is 0. The minimum atomic E-state index is -0.336. The molecule has 0 radical (unpaired) electrons. The zero-order chi connectivity index (χ0) is 29.5. The summed E-state index contributed by atoms with van der Waals surface area (Å²) < 4.78 is 6.46. The van der Waals surface area contributed by atoms with E-state index in [0.717, 1.165) is 49.9 Å². The van der Waals surface area contributed by atoms with Gasteiger partial charge in [0, 0.05) is 16.3 Å². The average Bonchev–Trinajstić information content (AvgIpc) is 3.65. The SMILES string of the molecule is c1ccc2c(c1)-c1cccc3c(C4=NC(c5ccc6ccccc6c5)NC(c5cccc6c5oc5ccccc56)=N4)ccc-2c13. The molecule has 4 heteroatoms. The summed E-state index contributed by atoms with van der Waals surface area (Å²) in [5.41, 5.74) is 9.77. The topological polar surface area (TPSA) is 49.9 Å². The van der Waals surface area contributed by atoms with Crippen LogP contribution in [0, 0.1) is 0 Å². The van der Waals surface area contributed by atoms with Crippen molar-refractivity contribution in [3.05, 3.63) is 156 Å². The molecule has 8 aromatic rings. The van der Waals surface area contributed by atoms with Crippen LogP contribution in [0.3, 0.4) is 0 Å². The number of nitrogens with zero attached hydrogens (tertiary/aromatic N) is 2. The van der Waals surface area contributed by atoms with E-state index in [1.165, 1.54) is 38.4 Å². The number of fused-ring (bicyclic) bond motifs is 7. The predicted octanol–water partition coefficient (Wildman–Crippen LogP) is 10.0. The van der Waals surface area contributed by atoms with Crippen LogP contribution >= 0.6 is 0 Å². The summed E-state index contributed by atoms with van der Waals surface area (Å²) in [6.07, 6.45) is -0.336. The lowest BCUT2D eigenvalue weighted by molar-refractivity contribution is 0.660. The standard InChI is InChI=1S/C41H25N3O/c1-2-10-25-23-26(20-19-24(25)9-1)39-42-40(34-22-21-32-28-12-4-3-11-27(28)30-14-7-15-31(34)37(30)32)44-41(43-39)35-17-8-16-33-29-13-5-6-18-36(29)45-38(33)35/h1-23,39H,(H,42,43,44). The minimum absolute atomic E-state index is 0.336. The Kier molecular flexibility index (Phi) is 5.02. The Morgan fingerprint density at radius 3 is 2.07 bits per heavy atom. The van der Waals surface area contributed by atoms with Gasteiger partial charge in [-0.25, -0.2) is 9.98 Å². The molecule has 1 aromatic heterocycles. The Morgan fingerprint density at radius 2 is 1.18 bits per heavy atom. The van der Waals surface area contributed by atoms with Gasteiger partial charge in [0.25, 0.3) is 0 Å². The van der Waals surface area contributed by atoms with E-state index in [9.17, 15) is 0 Å². The Hall–Kier alpha value is -6.00. The van der Waals surface area contributed by atoms with Gasteiger partial charge in [-0.2, -0.15) is 0 Å². The molecule has 0 amide bonds. The van der Waals surface area contributed by atoms with Crippen molar-refractivity contribution in [3.8, 4) is 22.3 Å². The van der Waals surface area contributed by atoms with Gasteiger partial charge in [0.05, 0.1) is 5.56 Å². The first-order chi connectivity index (χ1) is 22.3. The Morgan fingerprint density at radius 1 is 0.511 bits per heavy atom. The molecule has 0 saturated carbocycles. The molecule has 7 aromatic carbocycles. The van der Waals surface area contributed by atoms with Gasteiger partial charge in [-0.3, -0.25) is 0 Å². The van der Waals surface area contributed by atoms with Gasteiger partial charge in [0.1, 0.15) is 23.2 Å². The van der Waals surface area contributed by atoms with E-state index in [0.29, 0.717) is 5.84 Å². The van der Waals surface area contributed by atoms with Crippen molar-refractivity contribution >= 4 is 55.2 Å². The first kappa shape index (κ1) is 24.4. The highest BCUT2D eigenvalue weighted by atomic mass is 16.3. The fourth-order valence-electron chi connectivity index (χ4n) is 7.19. The highest BCUT2D eigenvalue weighted by Gasteiger charge is 2.27. The van der Waals surface area contributed by atoms with E-state index >= 15 is 0 Å². The third-order valence-corrected chi connectivity index (χ3v) is 9.28. The normalized spacial score (nSPS) is 15.3. The summed E-state index contributed by atoms with van der Waals surface area (Å²) in [6.45, 7) is 0. The van der Waals surface area contributed by atoms with E-state index < -0.39 is 0 Å². The Bertz CT molecular complexity index is 2560. The quantitative estimate of drug-likeness (QED) is 0.228. The summed E-state index contributed by atoms with van der Waals surface area (Å²) >= 11 is 0. The zero-order valence-corrected chi connectivity index (χ0v) is 24.2. The van der Waals surface area contributed by atoms with Gasteiger partial charge in [0.15, 0.2) is 5.84 Å². The van der Waals surface area contributed by atoms with Gasteiger partial charge in [-0.1, -0.05) is 115 Å². The van der Waals surface area contributed by atoms with Crippen LogP contribution in [0.5, 0.6) is 0 Å². The van der Waals surface area contributed by atoms with Crippen LogP contribution in [0.1, 0.15) is 22.9 Å². The molecule has 1 N–H and O–H groups in total. The second-order valence-electron chi connectivity index (χ2n) is 11.8. The number of para-hydroxylation sites is 2. The molecular weight excluding hydrogens is 550 g/mol. The Labute approximate surface area is 259 Å². The van der Waals surface area contributed by atoms with Crippen LogP contribution in [0.15, 0.2) is 154 Å². The smallest absolute Gasteiger partial charge is 0.160 e. The molecule has 0 saturated heterocycles. The number of amidine groups is 2. The molecule has 0 fully saturated rings. The molecule has 1 atom stereocenters. The second-order valence-corrected chi connectivity index (χ2v) is 11.8. The first-order valence-electron chi connectivity index (χ1n) is 15.3. The van der Waals surface area contributed by atoms with Crippen LogP contribution < -0.4 is 5.32 Å². The van der Waals surface area contributed by atoms with Crippen LogP contribution in [0.4, 0.5) is 0 Å². The summed E-state index contributed by atoms with van der Waals surface area (Å²) in [5.74, 6) is 1.45. The monoisotopic (exact) mass is 575 g/mol. The lowest BCUT2D eigenvalue weighted by atomic mass is 9.97. The molecule has 210 valence electrons. The van der Waals surface area contributed by atoms with Gasteiger partial charge >= 0.3 is 0 Å². The van der Waals surface area contributed by atoms with Gasteiger partial charge in [0.2, 0.25) is 0 Å². The number of furan rings is 1. The van der Waals surface area contributed by atoms with Crippen molar-refractivity contribution < 1.29 is 4.42 Å². The maximum absolute atomic E-state index is 6.46. The van der Waals surface area contributed by atoms with Gasteiger partial charge < -0.3 is 9.73 Å². The fourth-order valence-corrected chi connectivity index (χ4v) is 7.19. The summed E-state index contributed by atoms with van der Waals surface area (Å²) in [5, 5.41) is 10.7. The maximum Gasteiger partial charge on any atom is 0.160 e. The van der Waals surface area contributed by atoms with E-state index in [-0.39, 0.29) is 6.17 Å². The highest BCUT2D eigenvalue weighted by Crippen LogP contribution is 2.48. The zero-order valence-electron chi connectivity index (χ0n) is 24.2. The molecule has 4 nitrogen and oxygen atoms in total. The molecule has 1 aliphatic heterocycles. The number of benzene rings is 7. The number of aliphatic imine (C=N–C) groups is 2. The van der Waals surface area contributed by atoms with Gasteiger partial charge in [-0.15, -0.1) is 0 Å². The lowest BCUT2D eigenvalue weighted by Gasteiger charge is -2.24. The van der Waals surface area contributed by atoms with Crippen molar-refractivity contribution in [3.63, 3.8) is 0 Å². The van der Waals surface area contributed by atoms with Crippen molar-refractivity contribution in [2.24, 2.45) is 9.98 Å². The highest BCUT2D eigenvalue weighted by molar-refractivity contribution is 6.25. The summed E-state index contributed by atoms with van der Waals surface area (Å²) in [4.78, 5) is 10.5. The molecule has 1 aliphatic carbocycles. The van der Waals surface area contributed by atoms with Crippen molar-refractivity contribution in [2.75, 3.05) is 0 Å². The van der Waals surface area contributed by atoms with E-state index in [2.05, 4.69) is 133 Å². The fraction of sp³-hybridized carbons (Fsp3) is 0.0244. The molecule has 0 spiro atoms. The third-order valence-electron chi connectivity index (χ3n) is 9.28. The maximum atomic E-state index is 6.46. The van der Waals surface area contributed by atoms with Crippen LogP contribution in [-0.2, 0) is 0 Å². The molecule has 2 aliphatic rings. The lowest BCUT2D eigenvalue weighted by Crippen LogP contribution is -2.33. The molecular formula is C41H25N3O.